The standard InChI is InChI=1S/C82H160O17P2/c1-6-9-12-15-18-21-24-26-28-30-31-32-33-34-36-38-41-47-52-57-62-67-81(86)98-77(72-93-80(85)66-61-56-51-46-40-37-35-29-27-25-22-19-16-13-10-7-2)73-96-100(88,89)94-69-76(83)70-95-101(90,91)97-74-78(71-92-79(84)65-60-55-50-45-39-23-20-17-14-11-8-3)99-82(87)68-63-58-53-48-43-42-44-49-54-59-64-75(4)5/h75-78,83H,6-74H2,1-5H3,(H,88,89)(H,90,91)/t76-,77-,78-/m1/s1. The SMILES string of the molecule is CCCCCCCCCCCCCCCCCCCCCCCC(=O)O[C@H](COC(=O)CCCCCCCCCCCCCCCCCC)COP(=O)(O)OC[C@@H](O)COP(=O)(O)OC[C@@H](COC(=O)CCCCCCCCCCCCC)OC(=O)CCCCCCCCCCCCC(C)C. The van der Waals surface area contributed by atoms with Gasteiger partial charge < -0.3 is 33.8 Å². The molecule has 0 rings (SSSR count). The molecule has 0 aliphatic heterocycles. The number of rotatable bonds is 82. The second-order valence-corrected chi connectivity index (χ2v) is 32.9. The molecular weight excluding hydrogens is 1320 g/mol. The smallest absolute Gasteiger partial charge is 0.462 e. The minimum atomic E-state index is -4.96. The molecule has 3 N–H and O–H groups in total. The number of aliphatic hydroxyl groups is 1. The zero-order valence-electron chi connectivity index (χ0n) is 66.1. The average molecular weight is 1480 g/mol. The van der Waals surface area contributed by atoms with Crippen molar-refractivity contribution in [3.05, 3.63) is 0 Å². The summed E-state index contributed by atoms with van der Waals surface area (Å²) in [6.45, 7) is 7.32. The average Bonchev–Trinajstić information content (AvgIpc) is 1.08. The number of ether oxygens (including phenoxy) is 4. The Bertz CT molecular complexity index is 1930. The van der Waals surface area contributed by atoms with Crippen LogP contribution in [0.5, 0.6) is 0 Å². The second kappa shape index (κ2) is 74.9. The molecule has 0 saturated carbocycles. The van der Waals surface area contributed by atoms with Crippen molar-refractivity contribution in [3.8, 4) is 0 Å². The molecule has 0 aliphatic carbocycles. The lowest BCUT2D eigenvalue weighted by Crippen LogP contribution is -2.30. The van der Waals surface area contributed by atoms with Crippen LogP contribution in [0.1, 0.15) is 439 Å². The first kappa shape index (κ1) is 99.1. The summed E-state index contributed by atoms with van der Waals surface area (Å²) in [5.74, 6) is -1.35. The molecule has 0 fully saturated rings. The number of hydrogen-bond donors (Lipinski definition) is 3. The molecule has 0 radical (unpaired) electrons. The molecule has 0 spiro atoms. The number of hydrogen-bond acceptors (Lipinski definition) is 15. The van der Waals surface area contributed by atoms with Gasteiger partial charge in [-0.15, -0.1) is 0 Å². The Kier molecular flexibility index (Phi) is 73.5. The fraction of sp³-hybridized carbons (Fsp3) is 0.951. The summed E-state index contributed by atoms with van der Waals surface area (Å²) in [6, 6.07) is 0. The zero-order valence-corrected chi connectivity index (χ0v) is 67.8. The van der Waals surface area contributed by atoms with Gasteiger partial charge in [-0.25, -0.2) is 9.13 Å². The van der Waals surface area contributed by atoms with Gasteiger partial charge in [0.05, 0.1) is 26.4 Å². The highest BCUT2D eigenvalue weighted by molar-refractivity contribution is 7.47. The maximum Gasteiger partial charge on any atom is 0.472 e. The highest BCUT2D eigenvalue weighted by atomic mass is 31.2. The normalized spacial score (nSPS) is 13.8. The maximum absolute atomic E-state index is 13.1. The minimum Gasteiger partial charge on any atom is -0.462 e. The van der Waals surface area contributed by atoms with Gasteiger partial charge in [-0.3, -0.25) is 37.3 Å². The van der Waals surface area contributed by atoms with E-state index in [0.717, 1.165) is 95.8 Å². The van der Waals surface area contributed by atoms with Gasteiger partial charge >= 0.3 is 39.5 Å². The molecule has 2 unspecified atom stereocenters. The molecule has 0 aliphatic rings. The highest BCUT2D eigenvalue weighted by Gasteiger charge is 2.30. The molecule has 0 saturated heterocycles. The zero-order chi connectivity index (χ0) is 74.1. The molecule has 0 aromatic heterocycles. The van der Waals surface area contributed by atoms with Gasteiger partial charge in [0.15, 0.2) is 12.2 Å². The predicted molar refractivity (Wildman–Crippen MR) is 414 cm³/mol. The summed E-state index contributed by atoms with van der Waals surface area (Å²) in [6.07, 6.45) is 66.6. The van der Waals surface area contributed by atoms with Crippen molar-refractivity contribution >= 4 is 39.5 Å². The number of esters is 4. The van der Waals surface area contributed by atoms with Gasteiger partial charge in [0.2, 0.25) is 0 Å². The Morgan fingerprint density at radius 2 is 0.455 bits per heavy atom. The fourth-order valence-electron chi connectivity index (χ4n) is 12.8. The molecule has 600 valence electrons. The summed E-state index contributed by atoms with van der Waals surface area (Å²) in [5, 5.41) is 10.6. The Labute approximate surface area is 619 Å². The van der Waals surface area contributed by atoms with Crippen molar-refractivity contribution in [3.63, 3.8) is 0 Å². The van der Waals surface area contributed by atoms with Gasteiger partial charge in [-0.1, -0.05) is 388 Å². The van der Waals surface area contributed by atoms with Crippen molar-refractivity contribution < 1.29 is 80.2 Å². The first-order valence-corrected chi connectivity index (χ1v) is 45.6. The maximum atomic E-state index is 13.1. The summed E-state index contributed by atoms with van der Waals surface area (Å²) in [7, 11) is -9.92. The predicted octanol–water partition coefficient (Wildman–Crippen LogP) is 24.8. The third-order valence-electron chi connectivity index (χ3n) is 19.3. The lowest BCUT2D eigenvalue weighted by Gasteiger charge is -2.21. The molecule has 0 heterocycles. The van der Waals surface area contributed by atoms with Crippen LogP contribution in [0, 0.1) is 5.92 Å². The second-order valence-electron chi connectivity index (χ2n) is 30.0. The van der Waals surface area contributed by atoms with Crippen LogP contribution in [0.2, 0.25) is 0 Å². The lowest BCUT2D eigenvalue weighted by molar-refractivity contribution is -0.161. The van der Waals surface area contributed by atoms with E-state index < -0.39 is 97.5 Å². The Balaban J connectivity index is 5.22. The monoisotopic (exact) mass is 1480 g/mol. The van der Waals surface area contributed by atoms with Crippen LogP contribution < -0.4 is 0 Å². The summed E-state index contributed by atoms with van der Waals surface area (Å²) >= 11 is 0. The molecular formula is C82H160O17P2. The van der Waals surface area contributed by atoms with E-state index in [1.54, 1.807) is 0 Å². The summed E-state index contributed by atoms with van der Waals surface area (Å²) in [5.41, 5.74) is 0. The van der Waals surface area contributed by atoms with Crippen LogP contribution in [-0.2, 0) is 65.4 Å². The molecule has 5 atom stereocenters. The van der Waals surface area contributed by atoms with Crippen molar-refractivity contribution in [2.45, 2.75) is 457 Å². The van der Waals surface area contributed by atoms with Gasteiger partial charge in [-0.05, 0) is 31.6 Å². The van der Waals surface area contributed by atoms with Crippen molar-refractivity contribution in [2.75, 3.05) is 39.6 Å². The third kappa shape index (κ3) is 76.1. The molecule has 0 aromatic carbocycles. The number of carbonyl (C=O) groups is 4. The number of phosphoric ester groups is 2. The van der Waals surface area contributed by atoms with Crippen molar-refractivity contribution in [2.24, 2.45) is 5.92 Å². The van der Waals surface area contributed by atoms with Gasteiger partial charge in [0, 0.05) is 25.7 Å². The molecule has 0 amide bonds. The summed E-state index contributed by atoms with van der Waals surface area (Å²) in [4.78, 5) is 73.0. The van der Waals surface area contributed by atoms with Crippen LogP contribution in [0.25, 0.3) is 0 Å². The van der Waals surface area contributed by atoms with Crippen molar-refractivity contribution in [1.29, 1.82) is 0 Å². The van der Waals surface area contributed by atoms with Gasteiger partial charge in [0.1, 0.15) is 19.3 Å². The van der Waals surface area contributed by atoms with E-state index in [-0.39, 0.29) is 25.7 Å². The van der Waals surface area contributed by atoms with E-state index in [4.69, 9.17) is 37.0 Å². The van der Waals surface area contributed by atoms with Crippen molar-refractivity contribution in [1.82, 2.24) is 0 Å². The number of carbonyl (C=O) groups excluding carboxylic acids is 4. The molecule has 17 nitrogen and oxygen atoms in total. The third-order valence-corrected chi connectivity index (χ3v) is 21.2. The van der Waals surface area contributed by atoms with E-state index in [9.17, 15) is 43.2 Å². The first-order valence-electron chi connectivity index (χ1n) is 42.6. The molecule has 0 bridgehead atoms. The number of phosphoric acid groups is 2. The van der Waals surface area contributed by atoms with Crippen LogP contribution in [0.4, 0.5) is 0 Å². The van der Waals surface area contributed by atoms with Crippen LogP contribution in [-0.4, -0.2) is 96.7 Å². The molecule has 0 aromatic rings. The van der Waals surface area contributed by atoms with Gasteiger partial charge in [-0.2, -0.15) is 0 Å². The van der Waals surface area contributed by atoms with Crippen LogP contribution in [0.15, 0.2) is 0 Å². The topological polar surface area (TPSA) is 237 Å². The number of aliphatic hydroxyl groups excluding tert-OH is 1. The van der Waals surface area contributed by atoms with E-state index >= 15 is 0 Å². The highest BCUT2D eigenvalue weighted by Crippen LogP contribution is 2.45. The van der Waals surface area contributed by atoms with E-state index in [1.165, 1.54) is 263 Å². The quantitative estimate of drug-likeness (QED) is 0.0222. The van der Waals surface area contributed by atoms with Crippen LogP contribution >= 0.6 is 15.6 Å². The van der Waals surface area contributed by atoms with Crippen LogP contribution in [0.3, 0.4) is 0 Å². The molecule has 101 heavy (non-hydrogen) atoms. The molecule has 19 heteroatoms. The van der Waals surface area contributed by atoms with E-state index in [0.29, 0.717) is 25.7 Å². The summed E-state index contributed by atoms with van der Waals surface area (Å²) < 4.78 is 68.7. The first-order chi connectivity index (χ1) is 49.0. The Morgan fingerprint density at radius 3 is 0.673 bits per heavy atom. The van der Waals surface area contributed by atoms with E-state index in [1.807, 2.05) is 0 Å². The largest absolute Gasteiger partial charge is 0.472 e. The van der Waals surface area contributed by atoms with Gasteiger partial charge in [0.25, 0.3) is 0 Å². The fourth-order valence-corrected chi connectivity index (χ4v) is 14.3. The minimum absolute atomic E-state index is 0.107. The Morgan fingerprint density at radius 1 is 0.267 bits per heavy atom. The van der Waals surface area contributed by atoms with E-state index in [2.05, 4.69) is 34.6 Å². The Hall–Kier alpha value is -1.94. The lowest BCUT2D eigenvalue weighted by atomic mass is 10.0. The number of unbranched alkanes of at least 4 members (excludes halogenated alkanes) is 54.